The molecule has 0 aliphatic carbocycles. The van der Waals surface area contributed by atoms with E-state index in [0.717, 1.165) is 5.06 Å². The van der Waals surface area contributed by atoms with Gasteiger partial charge in [-0.25, -0.2) is 5.43 Å². The molecule has 1 aromatic carbocycles. The number of cyclic esters (lactones) is 1. The molecule has 3 aliphatic rings. The lowest BCUT2D eigenvalue weighted by atomic mass is 9.84. The first-order valence-electron chi connectivity index (χ1n) is 21.7. The first-order chi connectivity index (χ1) is 30.0. The van der Waals surface area contributed by atoms with E-state index in [0.29, 0.717) is 36.8 Å². The predicted octanol–water partition coefficient (Wildman–Crippen LogP) is 2.80. The normalized spacial score (nSPS) is 28.9. The van der Waals surface area contributed by atoms with Crippen LogP contribution in [0.25, 0.3) is 0 Å². The second-order valence-electron chi connectivity index (χ2n) is 16.7. The number of aliphatic hydroxyl groups is 2. The number of amides is 5. The number of hydrogen-bond donors (Lipinski definition) is 6. The molecule has 3 heterocycles. The standard InChI is InChI=1S/C46H63N5O12/c1-28(2)41-44(59)47-36(27-32-15-12-16-33(53)26-32)45(60)50-24-13-17-35(49-50)46(61)63-38(29(3)14-11-21-40(56)51-39(55)20-9-10-25-62-51)19-8-6-7-18-37(54)31(5)42(57)34(43(58)48-41)23-22-30(4)52/h6-8,11-12,14-16,18,21,26,28,31,34-38,41-42,49,53-54,57H,9-10,13,17,19-20,22-25,27H2,1-5H3,(H,47,59)(H,48,58)/b8-6+,18-7+,21-11+,29-14+/t31-,34+,35?,36-,37-,38-,41-,42+/m0/s1. The average Bonchev–Trinajstić information content (AvgIpc) is 3.47. The Morgan fingerprint density at radius 1 is 1.00 bits per heavy atom. The van der Waals surface area contributed by atoms with Crippen LogP contribution in [0.15, 0.2) is 72.4 Å². The van der Waals surface area contributed by atoms with Crippen molar-refractivity contribution >= 4 is 41.3 Å². The molecule has 8 atom stereocenters. The van der Waals surface area contributed by atoms with E-state index in [-0.39, 0.29) is 56.8 Å². The number of Topliss-reactive ketones (excluding diaryl/α,β-unsaturated/α-hetero) is 1. The molecule has 17 nitrogen and oxygen atoms in total. The fourth-order valence-electron chi connectivity index (χ4n) is 7.40. The maximum Gasteiger partial charge on any atom is 0.325 e. The number of nitrogens with zero attached hydrogens (tertiary/aromatic N) is 2. The van der Waals surface area contributed by atoms with E-state index < -0.39 is 89.7 Å². The summed E-state index contributed by atoms with van der Waals surface area (Å²) in [4.78, 5) is 98.8. The monoisotopic (exact) mass is 877 g/mol. The number of aromatic hydroxyl groups is 1. The van der Waals surface area contributed by atoms with Crippen molar-refractivity contribution in [3.8, 4) is 5.75 Å². The fourth-order valence-corrected chi connectivity index (χ4v) is 7.40. The molecular formula is C46H63N5O12. The van der Waals surface area contributed by atoms with Crippen molar-refractivity contribution in [2.45, 2.75) is 129 Å². The highest BCUT2D eigenvalue weighted by Crippen LogP contribution is 2.24. The van der Waals surface area contributed by atoms with Crippen molar-refractivity contribution in [1.29, 1.82) is 0 Å². The molecule has 344 valence electrons. The molecule has 2 bridgehead atoms. The second-order valence-corrected chi connectivity index (χ2v) is 16.7. The van der Waals surface area contributed by atoms with E-state index >= 15 is 0 Å². The van der Waals surface area contributed by atoms with Crippen LogP contribution in [0.5, 0.6) is 5.75 Å². The summed E-state index contributed by atoms with van der Waals surface area (Å²) in [5.74, 6) is -6.67. The summed E-state index contributed by atoms with van der Waals surface area (Å²) in [7, 11) is 0. The summed E-state index contributed by atoms with van der Waals surface area (Å²) in [5.41, 5.74) is 4.02. The van der Waals surface area contributed by atoms with Crippen LogP contribution in [0.2, 0.25) is 0 Å². The summed E-state index contributed by atoms with van der Waals surface area (Å²) in [6.45, 7) is 8.42. The number of nitrogens with one attached hydrogen (secondary N) is 3. The Hall–Kier alpha value is -5.49. The molecule has 63 heavy (non-hydrogen) atoms. The third-order valence-electron chi connectivity index (χ3n) is 11.3. The zero-order valence-electron chi connectivity index (χ0n) is 36.7. The Labute approximate surface area is 368 Å². The minimum atomic E-state index is -1.44. The Balaban J connectivity index is 1.70. The van der Waals surface area contributed by atoms with Crippen LogP contribution in [0.3, 0.4) is 0 Å². The number of phenols is 1. The lowest BCUT2D eigenvalue weighted by molar-refractivity contribution is -0.188. The molecule has 0 radical (unpaired) electrons. The van der Waals surface area contributed by atoms with Crippen molar-refractivity contribution in [2.24, 2.45) is 17.8 Å². The summed E-state index contributed by atoms with van der Waals surface area (Å²) in [6, 6.07) is 2.77. The van der Waals surface area contributed by atoms with Crippen LogP contribution in [-0.2, 0) is 49.6 Å². The Morgan fingerprint density at radius 3 is 2.48 bits per heavy atom. The summed E-state index contributed by atoms with van der Waals surface area (Å²) >= 11 is 0. The molecule has 4 rings (SSSR count). The predicted molar refractivity (Wildman–Crippen MR) is 230 cm³/mol. The summed E-state index contributed by atoms with van der Waals surface area (Å²) in [5, 5.41) is 40.3. The average molecular weight is 878 g/mol. The number of phenolic OH excluding ortho intramolecular Hbond substituents is 1. The zero-order chi connectivity index (χ0) is 46.2. The lowest BCUT2D eigenvalue weighted by Gasteiger charge is -2.36. The third-order valence-corrected chi connectivity index (χ3v) is 11.3. The van der Waals surface area contributed by atoms with Crippen molar-refractivity contribution in [3.05, 3.63) is 77.9 Å². The summed E-state index contributed by atoms with van der Waals surface area (Å²) in [6.07, 6.45) is 8.99. The fraction of sp³-hybridized carbons (Fsp3) is 0.543. The molecule has 2 saturated heterocycles. The van der Waals surface area contributed by atoms with Crippen molar-refractivity contribution in [2.75, 3.05) is 13.2 Å². The number of aliphatic hydroxyl groups excluding tert-OH is 2. The number of esters is 1. The number of hydroxylamine groups is 2. The van der Waals surface area contributed by atoms with Crippen LogP contribution in [0, 0.1) is 17.8 Å². The molecule has 6 N–H and O–H groups in total. The second kappa shape index (κ2) is 24.4. The molecule has 0 saturated carbocycles. The molecule has 17 heteroatoms. The number of carbonyl (C=O) groups is 7. The van der Waals surface area contributed by atoms with E-state index in [1.165, 1.54) is 48.4 Å². The minimum absolute atomic E-state index is 0.0440. The largest absolute Gasteiger partial charge is 0.508 e. The molecule has 1 unspecified atom stereocenters. The van der Waals surface area contributed by atoms with E-state index in [1.807, 2.05) is 0 Å². The van der Waals surface area contributed by atoms with Crippen molar-refractivity contribution in [1.82, 2.24) is 26.1 Å². The number of fused-ring (bicyclic) bond motifs is 2. The van der Waals surface area contributed by atoms with E-state index in [1.54, 1.807) is 58.1 Å². The number of allylic oxidation sites excluding steroid dienone is 4. The van der Waals surface area contributed by atoms with Crippen molar-refractivity contribution in [3.63, 3.8) is 0 Å². The van der Waals surface area contributed by atoms with Gasteiger partial charge in [0.15, 0.2) is 0 Å². The van der Waals surface area contributed by atoms with Gasteiger partial charge < -0.3 is 35.5 Å². The lowest BCUT2D eigenvalue weighted by Crippen LogP contribution is -2.62. The van der Waals surface area contributed by atoms with Crippen LogP contribution >= 0.6 is 0 Å². The first-order valence-corrected chi connectivity index (χ1v) is 21.7. The van der Waals surface area contributed by atoms with Gasteiger partial charge in [0, 0.05) is 44.2 Å². The van der Waals surface area contributed by atoms with E-state index in [2.05, 4.69) is 16.1 Å². The maximum atomic E-state index is 14.4. The topological polar surface area (TPSA) is 241 Å². The maximum absolute atomic E-state index is 14.4. The Kier molecular flexibility index (Phi) is 19.4. The van der Waals surface area contributed by atoms with Crippen LogP contribution < -0.4 is 16.1 Å². The molecule has 0 aromatic heterocycles. The number of carbonyl (C=O) groups excluding carboxylic acids is 7. The first kappa shape index (κ1) is 50.2. The molecule has 3 aliphatic heterocycles. The van der Waals surface area contributed by atoms with E-state index in [4.69, 9.17) is 9.57 Å². The highest BCUT2D eigenvalue weighted by atomic mass is 16.7. The number of ketones is 1. The van der Waals surface area contributed by atoms with E-state index in [9.17, 15) is 48.9 Å². The Morgan fingerprint density at radius 2 is 1.76 bits per heavy atom. The highest BCUT2D eigenvalue weighted by molar-refractivity contribution is 6.00. The number of benzene rings is 1. The highest BCUT2D eigenvalue weighted by Gasteiger charge is 2.39. The number of ether oxygens (including phenoxy) is 1. The van der Waals surface area contributed by atoms with Crippen LogP contribution in [0.1, 0.15) is 91.5 Å². The quantitative estimate of drug-likeness (QED) is 0.119. The number of imide groups is 1. The van der Waals surface area contributed by atoms with Crippen LogP contribution in [0.4, 0.5) is 0 Å². The molecule has 2 fully saturated rings. The zero-order valence-corrected chi connectivity index (χ0v) is 36.7. The number of hydrazine groups is 1. The number of hydrogen-bond acceptors (Lipinski definition) is 13. The van der Waals surface area contributed by atoms with Gasteiger partial charge in [-0.1, -0.05) is 69.4 Å². The number of rotatable bonds is 9. The molecule has 5 amide bonds. The Bertz CT molecular complexity index is 1930. The molecular weight excluding hydrogens is 815 g/mol. The van der Waals surface area contributed by atoms with Gasteiger partial charge >= 0.3 is 5.97 Å². The molecule has 0 spiro atoms. The smallest absolute Gasteiger partial charge is 0.325 e. The minimum Gasteiger partial charge on any atom is -0.508 e. The van der Waals surface area contributed by atoms with Gasteiger partial charge in [-0.2, -0.15) is 0 Å². The molecule has 1 aromatic rings. The SMILES string of the molecule is CC(=O)CC[C@H]1C(=O)N[C@@H](C(C)C)C(=O)N[C@@H](Cc2cccc(O)c2)C(=O)N2CCCC(N2)C(=O)O[C@H](/C(C)=C/C=C/C(=O)N2OCCCCC2=O)C/C=C/C=C/[C@H](O)[C@H](C)[C@H]1O. The van der Waals surface area contributed by atoms with Gasteiger partial charge in [-0.15, -0.1) is 5.06 Å². The van der Waals surface area contributed by atoms with Gasteiger partial charge in [0.2, 0.25) is 11.8 Å². The van der Waals surface area contributed by atoms with Gasteiger partial charge in [0.1, 0.15) is 35.8 Å². The van der Waals surface area contributed by atoms with Gasteiger partial charge in [0.25, 0.3) is 17.7 Å². The summed E-state index contributed by atoms with van der Waals surface area (Å²) < 4.78 is 6.02. The van der Waals surface area contributed by atoms with Gasteiger partial charge in [-0.05, 0) is 75.1 Å². The van der Waals surface area contributed by atoms with Crippen LogP contribution in [-0.4, -0.2) is 116 Å². The van der Waals surface area contributed by atoms with Crippen molar-refractivity contribution < 1.29 is 58.5 Å². The van der Waals surface area contributed by atoms with Gasteiger partial charge in [0.05, 0.1) is 24.7 Å². The third kappa shape index (κ3) is 15.1. The van der Waals surface area contributed by atoms with Gasteiger partial charge in [-0.3, -0.25) is 38.6 Å².